The highest BCUT2D eigenvalue weighted by Crippen LogP contribution is 2.40. The molecule has 2 unspecified atom stereocenters. The highest BCUT2D eigenvalue weighted by Gasteiger charge is 2.32. The predicted octanol–water partition coefficient (Wildman–Crippen LogP) is 6.20. The highest BCUT2D eigenvalue weighted by atomic mass is 32.1. The number of hydrogen-bond acceptors (Lipinski definition) is 7. The molecule has 0 saturated carbocycles. The predicted molar refractivity (Wildman–Crippen MR) is 164 cm³/mol. The summed E-state index contributed by atoms with van der Waals surface area (Å²) in [6.45, 7) is 5.66. The number of rotatable bonds is 10. The Kier molecular flexibility index (Phi) is 10.5. The number of ether oxygens (including phenoxy) is 2. The standard InChI is InChI=1S/C30H36F4N3O3PS/c1-39-16-15-37-14-12-24(23(31)19-37)36-26-8-5-7-21-22(18-30(32,33)34)28(42-29(21)26)9-6-13-35-25-11-10-20(41(3,4)38)17-27(25)40-2/h5,7-8,10-11,17,23-24,35-36H,12-16,18-19H2,1-4H3. The maximum Gasteiger partial charge on any atom is 0.393 e. The van der Waals surface area contributed by atoms with E-state index >= 15 is 4.39 Å². The Balaban J connectivity index is 1.56. The van der Waals surface area contributed by atoms with Gasteiger partial charge in [0, 0.05) is 32.0 Å². The zero-order chi connectivity index (χ0) is 30.5. The number of benzene rings is 2. The zero-order valence-electron chi connectivity index (χ0n) is 24.1. The van der Waals surface area contributed by atoms with Gasteiger partial charge in [-0.25, -0.2) is 4.39 Å². The van der Waals surface area contributed by atoms with Gasteiger partial charge in [-0.2, -0.15) is 13.2 Å². The van der Waals surface area contributed by atoms with Crippen molar-refractivity contribution in [3.05, 3.63) is 46.8 Å². The molecule has 1 aromatic heterocycles. The number of thiophene rings is 1. The van der Waals surface area contributed by atoms with Crippen LogP contribution in [0.3, 0.4) is 0 Å². The fraction of sp³-hybridized carbons (Fsp3) is 0.467. The summed E-state index contributed by atoms with van der Waals surface area (Å²) in [6, 6.07) is 9.91. The molecule has 6 nitrogen and oxygen atoms in total. The Bertz CT molecular complexity index is 1490. The Hall–Kier alpha value is -2.77. The number of fused-ring (bicyclic) bond motifs is 1. The second-order valence-electron chi connectivity index (χ2n) is 10.6. The fourth-order valence-corrected chi connectivity index (χ4v) is 6.97. The molecule has 0 spiro atoms. The van der Waals surface area contributed by atoms with Gasteiger partial charge in [-0.05, 0) is 55.0 Å². The topological polar surface area (TPSA) is 62.8 Å². The number of nitrogens with zero attached hydrogens (tertiary/aromatic N) is 1. The van der Waals surface area contributed by atoms with Gasteiger partial charge in [0.25, 0.3) is 0 Å². The van der Waals surface area contributed by atoms with Crippen molar-refractivity contribution in [1.29, 1.82) is 0 Å². The first-order valence-corrected chi connectivity index (χ1v) is 17.0. The van der Waals surface area contributed by atoms with Crippen molar-refractivity contribution in [2.24, 2.45) is 0 Å². The van der Waals surface area contributed by atoms with Crippen molar-refractivity contribution in [3.63, 3.8) is 0 Å². The molecule has 228 valence electrons. The maximum absolute atomic E-state index is 15.1. The summed E-state index contributed by atoms with van der Waals surface area (Å²) >= 11 is 1.18. The molecule has 42 heavy (non-hydrogen) atoms. The van der Waals surface area contributed by atoms with Crippen LogP contribution in [0.4, 0.5) is 28.9 Å². The first kappa shape index (κ1) is 32.2. The minimum Gasteiger partial charge on any atom is -0.495 e. The largest absolute Gasteiger partial charge is 0.495 e. The summed E-state index contributed by atoms with van der Waals surface area (Å²) < 4.78 is 79.5. The van der Waals surface area contributed by atoms with Gasteiger partial charge in [0.2, 0.25) is 0 Å². The molecule has 1 fully saturated rings. The molecule has 0 amide bonds. The third-order valence-corrected chi connectivity index (χ3v) is 9.87. The highest BCUT2D eigenvalue weighted by molar-refractivity contribution is 7.70. The van der Waals surface area contributed by atoms with Crippen LogP contribution in [0.5, 0.6) is 5.75 Å². The van der Waals surface area contributed by atoms with Gasteiger partial charge in [-0.1, -0.05) is 24.0 Å². The molecular formula is C30H36F4N3O3PS. The van der Waals surface area contributed by atoms with Gasteiger partial charge in [0.05, 0.1) is 53.7 Å². The van der Waals surface area contributed by atoms with Crippen molar-refractivity contribution in [2.45, 2.75) is 31.2 Å². The average Bonchev–Trinajstić information content (AvgIpc) is 3.27. The Morgan fingerprint density at radius 3 is 2.62 bits per heavy atom. The zero-order valence-corrected chi connectivity index (χ0v) is 25.8. The molecule has 2 atom stereocenters. The van der Waals surface area contributed by atoms with E-state index in [1.165, 1.54) is 18.4 Å². The normalized spacial score (nSPS) is 18.0. The van der Waals surface area contributed by atoms with E-state index in [2.05, 4.69) is 22.5 Å². The molecular weight excluding hydrogens is 589 g/mol. The van der Waals surface area contributed by atoms with E-state index < -0.39 is 32.0 Å². The van der Waals surface area contributed by atoms with Crippen LogP contribution in [0.2, 0.25) is 0 Å². The van der Waals surface area contributed by atoms with Crippen LogP contribution in [-0.2, 0) is 15.7 Å². The number of halogens is 4. The number of methoxy groups -OCH3 is 2. The van der Waals surface area contributed by atoms with Gasteiger partial charge >= 0.3 is 6.18 Å². The van der Waals surface area contributed by atoms with E-state index in [0.29, 0.717) is 63.5 Å². The van der Waals surface area contributed by atoms with Crippen molar-refractivity contribution in [1.82, 2.24) is 4.90 Å². The monoisotopic (exact) mass is 625 g/mol. The van der Waals surface area contributed by atoms with Gasteiger partial charge < -0.3 is 24.7 Å². The number of hydrogen-bond donors (Lipinski definition) is 2. The molecule has 12 heteroatoms. The SMILES string of the molecule is COCCN1CCC(Nc2cccc3c(CC(F)(F)F)c(C#CCNc4ccc(P(C)(C)=O)cc4OC)sc23)C(F)C1. The molecule has 0 radical (unpaired) electrons. The minimum atomic E-state index is -4.42. The summed E-state index contributed by atoms with van der Waals surface area (Å²) in [5.74, 6) is 6.38. The molecule has 1 aliphatic heterocycles. The lowest BCUT2D eigenvalue weighted by Gasteiger charge is -2.35. The van der Waals surface area contributed by atoms with Crippen molar-refractivity contribution in [2.75, 3.05) is 71.0 Å². The van der Waals surface area contributed by atoms with Gasteiger partial charge in [-0.15, -0.1) is 11.3 Å². The van der Waals surface area contributed by atoms with Gasteiger partial charge in [-0.3, -0.25) is 4.90 Å². The number of anilines is 2. The van der Waals surface area contributed by atoms with E-state index in [1.807, 2.05) is 4.90 Å². The minimum absolute atomic E-state index is 0.119. The first-order chi connectivity index (χ1) is 19.9. The smallest absolute Gasteiger partial charge is 0.393 e. The van der Waals surface area contributed by atoms with Crippen molar-refractivity contribution in [3.8, 4) is 17.6 Å². The second-order valence-corrected chi connectivity index (χ2v) is 14.9. The summed E-state index contributed by atoms with van der Waals surface area (Å²) in [5, 5.41) is 7.55. The number of likely N-dealkylation sites (tertiary alicyclic amines) is 1. The molecule has 0 bridgehead atoms. The van der Waals surface area contributed by atoms with Crippen LogP contribution < -0.4 is 20.7 Å². The van der Waals surface area contributed by atoms with Crippen molar-refractivity contribution < 1.29 is 31.6 Å². The molecule has 1 saturated heterocycles. The number of piperidine rings is 1. The van der Waals surface area contributed by atoms with Crippen LogP contribution >= 0.6 is 18.5 Å². The van der Waals surface area contributed by atoms with Gasteiger partial charge in [0.1, 0.15) is 19.1 Å². The Morgan fingerprint density at radius 1 is 1.17 bits per heavy atom. The van der Waals surface area contributed by atoms with E-state index in [0.717, 1.165) is 0 Å². The summed E-state index contributed by atoms with van der Waals surface area (Å²) in [5.41, 5.74) is 1.36. The average molecular weight is 626 g/mol. The lowest BCUT2D eigenvalue weighted by atomic mass is 10.0. The first-order valence-electron chi connectivity index (χ1n) is 13.6. The third kappa shape index (κ3) is 8.19. The van der Waals surface area contributed by atoms with E-state index in [4.69, 9.17) is 9.47 Å². The van der Waals surface area contributed by atoms with E-state index in [1.54, 1.807) is 56.8 Å². The quantitative estimate of drug-likeness (QED) is 0.159. The van der Waals surface area contributed by atoms with Gasteiger partial charge in [0.15, 0.2) is 0 Å². The van der Waals surface area contributed by atoms with E-state index in [9.17, 15) is 17.7 Å². The molecule has 4 rings (SSSR count). The number of alkyl halides is 4. The molecule has 1 aliphatic rings. The molecule has 2 aromatic carbocycles. The lowest BCUT2D eigenvalue weighted by molar-refractivity contribution is -0.126. The molecule has 0 aliphatic carbocycles. The van der Waals surface area contributed by atoms with E-state index in [-0.39, 0.29) is 18.7 Å². The van der Waals surface area contributed by atoms with Crippen LogP contribution in [0.15, 0.2) is 36.4 Å². The second kappa shape index (κ2) is 13.7. The molecule has 3 aromatic rings. The van der Waals surface area contributed by atoms with Crippen LogP contribution in [0, 0.1) is 11.8 Å². The van der Waals surface area contributed by atoms with Crippen LogP contribution in [0.25, 0.3) is 10.1 Å². The molecule has 2 heterocycles. The third-order valence-electron chi connectivity index (χ3n) is 7.15. The summed E-state index contributed by atoms with van der Waals surface area (Å²) in [6.07, 6.45) is -6.09. The Labute approximate surface area is 248 Å². The van der Waals surface area contributed by atoms with Crippen molar-refractivity contribution >= 4 is 45.2 Å². The summed E-state index contributed by atoms with van der Waals surface area (Å²) in [4.78, 5) is 2.33. The number of nitrogens with one attached hydrogen (secondary N) is 2. The Morgan fingerprint density at radius 2 is 1.95 bits per heavy atom. The summed E-state index contributed by atoms with van der Waals surface area (Å²) in [7, 11) is 0.646. The fourth-order valence-electron chi connectivity index (χ4n) is 4.94. The maximum atomic E-state index is 15.1. The molecule has 2 N–H and O–H groups in total. The van der Waals surface area contributed by atoms with Crippen LogP contribution in [-0.4, -0.2) is 83.6 Å². The lowest BCUT2D eigenvalue weighted by Crippen LogP contribution is -2.48. The van der Waals surface area contributed by atoms with Crippen LogP contribution in [0.1, 0.15) is 16.9 Å².